The van der Waals surface area contributed by atoms with Gasteiger partial charge in [-0.3, -0.25) is 9.58 Å². The second-order valence-electron chi connectivity index (χ2n) is 5.03. The molecule has 1 saturated heterocycles. The van der Waals surface area contributed by atoms with Crippen molar-refractivity contribution in [3.63, 3.8) is 0 Å². The predicted molar refractivity (Wildman–Crippen MR) is 78.7 cm³/mol. The molecule has 2 aromatic heterocycles. The van der Waals surface area contributed by atoms with Crippen LogP contribution < -0.4 is 0 Å². The van der Waals surface area contributed by atoms with Crippen LogP contribution in [-0.4, -0.2) is 39.4 Å². The summed E-state index contributed by atoms with van der Waals surface area (Å²) in [6, 6.07) is 2.37. The second-order valence-corrected chi connectivity index (χ2v) is 5.92. The van der Waals surface area contributed by atoms with Crippen LogP contribution in [0.25, 0.3) is 0 Å². The van der Waals surface area contributed by atoms with Crippen LogP contribution in [-0.2, 0) is 17.8 Å². The predicted octanol–water partition coefficient (Wildman–Crippen LogP) is 2.24. The molecule has 0 spiro atoms. The summed E-state index contributed by atoms with van der Waals surface area (Å²) in [6.45, 7) is 8.44. The average Bonchev–Trinajstić information content (AvgIpc) is 3.08. The fourth-order valence-corrected chi connectivity index (χ4v) is 3.48. The molecule has 6 heteroatoms. The highest BCUT2D eigenvalue weighted by atomic mass is 32.1. The minimum atomic E-state index is 0.266. The Bertz CT molecular complexity index is 565. The summed E-state index contributed by atoms with van der Waals surface area (Å²) in [5.41, 5.74) is 2.35. The van der Waals surface area contributed by atoms with E-state index >= 15 is 0 Å². The fraction of sp³-hybridized carbons (Fsp3) is 0.571. The minimum Gasteiger partial charge on any atom is -0.378 e. The summed E-state index contributed by atoms with van der Waals surface area (Å²) < 4.78 is 7.71. The number of aryl methyl sites for hydroxylation is 2. The number of morpholine rings is 1. The summed E-state index contributed by atoms with van der Waals surface area (Å²) >= 11 is 1.73. The van der Waals surface area contributed by atoms with Crippen molar-refractivity contribution in [1.29, 1.82) is 0 Å². The molecule has 2 aromatic rings. The lowest BCUT2D eigenvalue weighted by Crippen LogP contribution is -2.39. The van der Waals surface area contributed by atoms with Gasteiger partial charge in [0.15, 0.2) is 0 Å². The monoisotopic (exact) mass is 292 g/mol. The van der Waals surface area contributed by atoms with Crippen LogP contribution in [0, 0.1) is 6.92 Å². The molecule has 1 aliphatic rings. The van der Waals surface area contributed by atoms with Gasteiger partial charge in [-0.25, -0.2) is 4.98 Å². The van der Waals surface area contributed by atoms with Gasteiger partial charge in [-0.05, 0) is 19.9 Å². The maximum Gasteiger partial charge on any atom is 0.112 e. The van der Waals surface area contributed by atoms with Gasteiger partial charge >= 0.3 is 0 Å². The minimum absolute atomic E-state index is 0.266. The van der Waals surface area contributed by atoms with Crippen molar-refractivity contribution in [2.75, 3.05) is 19.8 Å². The maximum atomic E-state index is 5.65. The molecule has 0 saturated carbocycles. The first-order valence-electron chi connectivity index (χ1n) is 7.02. The molecule has 0 aliphatic carbocycles. The Balaban J connectivity index is 1.79. The molecule has 0 amide bonds. The van der Waals surface area contributed by atoms with Gasteiger partial charge in [-0.2, -0.15) is 5.10 Å². The Morgan fingerprint density at radius 2 is 2.40 bits per heavy atom. The lowest BCUT2D eigenvalue weighted by atomic mass is 10.2. The molecule has 1 atom stereocenters. The Morgan fingerprint density at radius 3 is 3.15 bits per heavy atom. The van der Waals surface area contributed by atoms with Gasteiger partial charge in [0.2, 0.25) is 0 Å². The maximum absolute atomic E-state index is 5.65. The Labute approximate surface area is 123 Å². The molecule has 108 valence electrons. The van der Waals surface area contributed by atoms with Gasteiger partial charge in [0, 0.05) is 36.9 Å². The normalized spacial score (nSPS) is 20.4. The summed E-state index contributed by atoms with van der Waals surface area (Å²) in [5.74, 6) is 0. The lowest BCUT2D eigenvalue weighted by Gasteiger charge is -2.34. The topological polar surface area (TPSA) is 43.2 Å². The van der Waals surface area contributed by atoms with Crippen molar-refractivity contribution in [2.24, 2.45) is 0 Å². The van der Waals surface area contributed by atoms with E-state index < -0.39 is 0 Å². The molecule has 20 heavy (non-hydrogen) atoms. The number of aromatic nitrogens is 3. The van der Waals surface area contributed by atoms with E-state index in [2.05, 4.69) is 38.0 Å². The number of ether oxygens (including phenoxy) is 1. The number of nitrogens with zero attached hydrogens (tertiary/aromatic N) is 4. The molecule has 0 bridgehead atoms. The van der Waals surface area contributed by atoms with Crippen LogP contribution >= 0.6 is 11.3 Å². The van der Waals surface area contributed by atoms with Crippen LogP contribution in [0.1, 0.15) is 29.4 Å². The van der Waals surface area contributed by atoms with Gasteiger partial charge in [0.25, 0.3) is 0 Å². The van der Waals surface area contributed by atoms with Crippen molar-refractivity contribution in [1.82, 2.24) is 19.7 Å². The van der Waals surface area contributed by atoms with Crippen LogP contribution in [0.4, 0.5) is 0 Å². The fourth-order valence-electron chi connectivity index (χ4n) is 2.57. The van der Waals surface area contributed by atoms with Gasteiger partial charge in [-0.15, -0.1) is 11.3 Å². The molecule has 0 N–H and O–H groups in total. The highest BCUT2D eigenvalue weighted by Crippen LogP contribution is 2.28. The largest absolute Gasteiger partial charge is 0.378 e. The Morgan fingerprint density at radius 1 is 1.50 bits per heavy atom. The third kappa shape index (κ3) is 2.77. The van der Waals surface area contributed by atoms with E-state index in [1.54, 1.807) is 11.3 Å². The van der Waals surface area contributed by atoms with Gasteiger partial charge in [0.05, 0.1) is 24.9 Å². The zero-order valence-corrected chi connectivity index (χ0v) is 12.8. The summed E-state index contributed by atoms with van der Waals surface area (Å²) in [5, 5.41) is 7.61. The van der Waals surface area contributed by atoms with E-state index in [1.165, 1.54) is 5.69 Å². The molecule has 0 unspecified atom stereocenters. The number of hydrogen-bond donors (Lipinski definition) is 0. The third-order valence-corrected chi connectivity index (χ3v) is 4.69. The molecule has 3 rings (SSSR count). The van der Waals surface area contributed by atoms with Crippen molar-refractivity contribution in [3.05, 3.63) is 34.0 Å². The zero-order chi connectivity index (χ0) is 13.9. The zero-order valence-electron chi connectivity index (χ0n) is 12.0. The van der Waals surface area contributed by atoms with Crippen LogP contribution in [0.2, 0.25) is 0 Å². The number of hydrogen-bond acceptors (Lipinski definition) is 5. The summed E-state index contributed by atoms with van der Waals surface area (Å²) in [6.07, 6.45) is 1.88. The first-order valence-corrected chi connectivity index (χ1v) is 7.90. The van der Waals surface area contributed by atoms with E-state index in [0.29, 0.717) is 0 Å². The van der Waals surface area contributed by atoms with Crippen LogP contribution in [0.15, 0.2) is 17.6 Å². The van der Waals surface area contributed by atoms with Crippen molar-refractivity contribution in [2.45, 2.75) is 33.0 Å². The van der Waals surface area contributed by atoms with E-state index in [0.717, 1.165) is 43.5 Å². The Hall–Kier alpha value is -1.24. The molecular weight excluding hydrogens is 272 g/mol. The molecule has 3 heterocycles. The molecule has 1 aliphatic heterocycles. The van der Waals surface area contributed by atoms with E-state index in [9.17, 15) is 0 Å². The first-order chi connectivity index (χ1) is 9.78. The average molecular weight is 292 g/mol. The van der Waals surface area contributed by atoms with Gasteiger partial charge < -0.3 is 4.74 Å². The third-order valence-electron chi connectivity index (χ3n) is 3.63. The van der Waals surface area contributed by atoms with E-state index in [1.807, 2.05) is 13.1 Å². The summed E-state index contributed by atoms with van der Waals surface area (Å²) in [7, 11) is 0. The first kappa shape index (κ1) is 13.7. The molecule has 5 nitrogen and oxygen atoms in total. The Kier molecular flexibility index (Phi) is 4.14. The van der Waals surface area contributed by atoms with Crippen molar-refractivity contribution < 1.29 is 4.74 Å². The summed E-state index contributed by atoms with van der Waals surface area (Å²) in [4.78, 5) is 7.08. The highest BCUT2D eigenvalue weighted by Gasteiger charge is 2.27. The van der Waals surface area contributed by atoms with Gasteiger partial charge in [-0.1, -0.05) is 0 Å². The van der Waals surface area contributed by atoms with Crippen LogP contribution in [0.3, 0.4) is 0 Å². The molecular formula is C14H20N4OS. The molecule has 1 fully saturated rings. The molecule has 0 aromatic carbocycles. The second kappa shape index (κ2) is 6.03. The lowest BCUT2D eigenvalue weighted by molar-refractivity contribution is -0.0139. The standard InChI is InChI=1S/C14H20N4OS/c1-3-18-12(4-5-15-18)8-17-6-7-19-9-13(17)14-16-11(2)10-20-14/h4-5,10,13H,3,6-9H2,1-2H3/t13-/m1/s1. The van der Waals surface area contributed by atoms with E-state index in [4.69, 9.17) is 4.74 Å². The number of rotatable bonds is 4. The van der Waals surface area contributed by atoms with Crippen molar-refractivity contribution >= 4 is 11.3 Å². The van der Waals surface area contributed by atoms with E-state index in [-0.39, 0.29) is 6.04 Å². The molecule has 0 radical (unpaired) electrons. The quantitative estimate of drug-likeness (QED) is 0.867. The smallest absolute Gasteiger partial charge is 0.112 e. The van der Waals surface area contributed by atoms with Crippen molar-refractivity contribution in [3.8, 4) is 0 Å². The van der Waals surface area contributed by atoms with Crippen LogP contribution in [0.5, 0.6) is 0 Å². The SMILES string of the molecule is CCn1nccc1CN1CCOC[C@@H]1c1nc(C)cs1. The highest BCUT2D eigenvalue weighted by molar-refractivity contribution is 7.09. The number of thiazole rings is 1. The van der Waals surface area contributed by atoms with Gasteiger partial charge in [0.1, 0.15) is 5.01 Å².